The molecule has 1 aliphatic rings. The van der Waals surface area contributed by atoms with Crippen LogP contribution in [0.2, 0.25) is 0 Å². The Bertz CT molecular complexity index is 888. The van der Waals surface area contributed by atoms with Crippen LogP contribution in [-0.2, 0) is 0 Å². The number of nitrogens with zero attached hydrogens (tertiary/aromatic N) is 3. The summed E-state index contributed by atoms with van der Waals surface area (Å²) in [5.41, 5.74) is 1.67. The van der Waals surface area contributed by atoms with Crippen LogP contribution in [0.15, 0.2) is 62.0 Å². The normalized spacial score (nSPS) is 12.9. The molecule has 2 aromatic carbocycles. The molecule has 1 saturated carbocycles. The molecule has 0 bridgehead atoms. The fourth-order valence-corrected chi connectivity index (χ4v) is 2.83. The monoisotopic (exact) mass is 447 g/mol. The molecule has 0 atom stereocenters. The van der Waals surface area contributed by atoms with Gasteiger partial charge in [-0.3, -0.25) is 0 Å². The lowest BCUT2D eigenvalue weighted by atomic mass is 10.2. The van der Waals surface area contributed by atoms with Gasteiger partial charge in [-0.05, 0) is 43.2 Å². The summed E-state index contributed by atoms with van der Waals surface area (Å²) >= 11 is 6.67. The van der Waals surface area contributed by atoms with Gasteiger partial charge in [-0.25, -0.2) is 0 Å². The number of hydrogen-bond acceptors (Lipinski definition) is 4. The summed E-state index contributed by atoms with van der Waals surface area (Å²) in [6, 6.07) is 17.2. The van der Waals surface area contributed by atoms with Crippen LogP contribution in [0.25, 0.3) is 11.4 Å². The van der Waals surface area contributed by atoms with E-state index in [4.69, 9.17) is 9.78 Å². The highest BCUT2D eigenvalue weighted by Crippen LogP contribution is 2.39. The van der Waals surface area contributed by atoms with Crippen molar-refractivity contribution in [3.05, 3.63) is 68.9 Å². The van der Waals surface area contributed by atoms with Gasteiger partial charge in [-0.2, -0.15) is 10.2 Å². The van der Waals surface area contributed by atoms with Gasteiger partial charge in [0.2, 0.25) is 11.7 Å². The molecule has 0 N–H and O–H groups in total. The summed E-state index contributed by atoms with van der Waals surface area (Å²) in [4.78, 5) is 4.38. The van der Waals surface area contributed by atoms with Gasteiger partial charge in [0, 0.05) is 21.9 Å². The van der Waals surface area contributed by atoms with Crippen molar-refractivity contribution in [3.63, 3.8) is 0 Å². The number of hydrogen-bond donors (Lipinski definition) is 0. The Kier molecular flexibility index (Phi) is 5.44. The first-order chi connectivity index (χ1) is 11.7. The average molecular weight is 449 g/mol. The van der Waals surface area contributed by atoms with E-state index in [-0.39, 0.29) is 1.43 Å². The lowest BCUT2D eigenvalue weighted by Gasteiger charge is -1.93. The van der Waals surface area contributed by atoms with E-state index in [0.29, 0.717) is 17.3 Å². The highest BCUT2D eigenvalue weighted by atomic mass is 79.9. The predicted octanol–water partition coefficient (Wildman–Crippen LogP) is 5.94. The Balaban J connectivity index is 0.000000196. The molecule has 0 amide bonds. The lowest BCUT2D eigenvalue weighted by molar-refractivity contribution is 0.380. The minimum Gasteiger partial charge on any atom is -0.339 e. The maximum absolute atomic E-state index is 8.39. The maximum Gasteiger partial charge on any atom is 0.230 e. The van der Waals surface area contributed by atoms with Crippen LogP contribution in [0.3, 0.4) is 0 Å². The van der Waals surface area contributed by atoms with Crippen LogP contribution in [0.1, 0.15) is 31.6 Å². The fourth-order valence-electron chi connectivity index (χ4n) is 2.03. The van der Waals surface area contributed by atoms with Crippen molar-refractivity contribution < 1.29 is 5.95 Å². The largest absolute Gasteiger partial charge is 0.339 e. The Hall–Kier alpha value is -1.97. The smallest absolute Gasteiger partial charge is 0.230 e. The molecule has 24 heavy (non-hydrogen) atoms. The first-order valence-corrected chi connectivity index (χ1v) is 8.99. The van der Waals surface area contributed by atoms with Crippen LogP contribution in [-0.4, -0.2) is 10.1 Å². The topological polar surface area (TPSA) is 62.7 Å². The first-order valence-electron chi connectivity index (χ1n) is 7.41. The highest BCUT2D eigenvalue weighted by Gasteiger charge is 2.29. The summed E-state index contributed by atoms with van der Waals surface area (Å²) in [5.74, 6) is 1.97. The first kappa shape index (κ1) is 16.9. The molecule has 0 spiro atoms. The van der Waals surface area contributed by atoms with Crippen LogP contribution in [0.4, 0.5) is 0 Å². The van der Waals surface area contributed by atoms with Gasteiger partial charge in [0.05, 0.1) is 11.6 Å². The van der Waals surface area contributed by atoms with E-state index in [1.165, 1.54) is 12.8 Å². The predicted molar refractivity (Wildman–Crippen MR) is 100 cm³/mol. The van der Waals surface area contributed by atoms with Gasteiger partial charge < -0.3 is 4.52 Å². The second-order valence-electron chi connectivity index (χ2n) is 5.36. The summed E-state index contributed by atoms with van der Waals surface area (Å²) in [6.07, 6.45) is 2.36. The zero-order valence-electron chi connectivity index (χ0n) is 12.6. The SMILES string of the molecule is Brc1cccc(-c2noc(C3CC3)n2)c1.N#Cc1cccc(Br)c1.[HH]. The summed E-state index contributed by atoms with van der Waals surface area (Å²) < 4.78 is 7.18. The second kappa shape index (κ2) is 7.73. The Morgan fingerprint density at radius 3 is 2.38 bits per heavy atom. The third-order valence-electron chi connectivity index (χ3n) is 3.40. The molecular weight excluding hydrogens is 434 g/mol. The molecule has 0 radical (unpaired) electrons. The van der Waals surface area contributed by atoms with Gasteiger partial charge in [0.25, 0.3) is 0 Å². The molecule has 0 saturated heterocycles. The molecule has 1 heterocycles. The van der Waals surface area contributed by atoms with Crippen LogP contribution < -0.4 is 0 Å². The number of rotatable bonds is 2. The van der Waals surface area contributed by atoms with Gasteiger partial charge in [0.15, 0.2) is 0 Å². The number of benzene rings is 2. The number of aromatic nitrogens is 2. The van der Waals surface area contributed by atoms with Gasteiger partial charge in [-0.1, -0.05) is 55.2 Å². The van der Waals surface area contributed by atoms with Gasteiger partial charge >= 0.3 is 0 Å². The lowest BCUT2D eigenvalue weighted by Crippen LogP contribution is -1.81. The van der Waals surface area contributed by atoms with Crippen molar-refractivity contribution in [3.8, 4) is 17.5 Å². The molecule has 4 rings (SSSR count). The summed E-state index contributed by atoms with van der Waals surface area (Å²) in [7, 11) is 0. The van der Waals surface area contributed by atoms with Crippen molar-refractivity contribution in [2.75, 3.05) is 0 Å². The molecule has 0 aliphatic heterocycles. The molecule has 1 aliphatic carbocycles. The van der Waals surface area contributed by atoms with E-state index in [1.807, 2.05) is 42.5 Å². The molecule has 3 aromatic rings. The van der Waals surface area contributed by atoms with Gasteiger partial charge in [-0.15, -0.1) is 0 Å². The van der Waals surface area contributed by atoms with Crippen molar-refractivity contribution in [2.24, 2.45) is 0 Å². The summed E-state index contributed by atoms with van der Waals surface area (Å²) in [6.45, 7) is 0. The molecule has 4 nitrogen and oxygen atoms in total. The van der Waals surface area contributed by atoms with E-state index in [9.17, 15) is 0 Å². The van der Waals surface area contributed by atoms with E-state index < -0.39 is 0 Å². The van der Waals surface area contributed by atoms with E-state index in [2.05, 4.69) is 42.0 Å². The molecular formula is C18H15Br2N3O. The highest BCUT2D eigenvalue weighted by molar-refractivity contribution is 9.10. The minimum absolute atomic E-state index is 0. The van der Waals surface area contributed by atoms with E-state index >= 15 is 0 Å². The third kappa shape index (κ3) is 4.53. The number of nitriles is 1. The Morgan fingerprint density at radius 1 is 1.08 bits per heavy atom. The van der Waals surface area contributed by atoms with Crippen LogP contribution in [0.5, 0.6) is 0 Å². The average Bonchev–Trinajstić information content (AvgIpc) is 3.32. The fraction of sp³-hybridized carbons (Fsp3) is 0.167. The standard InChI is InChI=1S/C11H9BrN2O.C7H4BrN.H2/c12-9-3-1-2-8(6-9)10-13-11(15-14-10)7-4-5-7;8-7-3-1-2-6(4-7)5-9;/h1-3,6-7H,4-5H2;1-4H;1H. The van der Waals surface area contributed by atoms with Crippen LogP contribution >= 0.6 is 31.9 Å². The number of halogens is 2. The van der Waals surface area contributed by atoms with Crippen molar-refractivity contribution >= 4 is 31.9 Å². The molecule has 1 aromatic heterocycles. The molecule has 122 valence electrons. The third-order valence-corrected chi connectivity index (χ3v) is 4.39. The van der Waals surface area contributed by atoms with Crippen molar-refractivity contribution in [1.82, 2.24) is 10.1 Å². The Morgan fingerprint density at radius 2 is 1.79 bits per heavy atom. The van der Waals surface area contributed by atoms with Crippen molar-refractivity contribution in [2.45, 2.75) is 18.8 Å². The van der Waals surface area contributed by atoms with Crippen molar-refractivity contribution in [1.29, 1.82) is 5.26 Å². The zero-order valence-corrected chi connectivity index (χ0v) is 15.8. The Labute approximate surface area is 158 Å². The second-order valence-corrected chi connectivity index (χ2v) is 7.19. The van der Waals surface area contributed by atoms with E-state index in [1.54, 1.807) is 12.1 Å². The molecule has 1 fully saturated rings. The quantitative estimate of drug-likeness (QED) is 0.486. The maximum atomic E-state index is 8.39. The zero-order chi connectivity index (χ0) is 16.9. The minimum atomic E-state index is 0. The molecule has 6 heteroatoms. The molecule has 0 unspecified atom stereocenters. The van der Waals surface area contributed by atoms with E-state index in [0.717, 1.165) is 20.4 Å². The van der Waals surface area contributed by atoms with Crippen LogP contribution in [0, 0.1) is 11.3 Å². The van der Waals surface area contributed by atoms with Gasteiger partial charge in [0.1, 0.15) is 0 Å². The summed E-state index contributed by atoms with van der Waals surface area (Å²) in [5, 5.41) is 12.4.